The lowest BCUT2D eigenvalue weighted by molar-refractivity contribution is 1.19. The van der Waals surface area contributed by atoms with Crippen LogP contribution in [0.3, 0.4) is 0 Å². The molecule has 0 saturated heterocycles. The number of rotatable bonds is 6. The quantitative estimate of drug-likeness (QED) is 0.168. The second-order valence-corrected chi connectivity index (χ2v) is 15.8. The fourth-order valence-electron chi connectivity index (χ4n) is 9.17. The van der Waals surface area contributed by atoms with Gasteiger partial charge in [-0.1, -0.05) is 182 Å². The third-order valence-corrected chi connectivity index (χ3v) is 12.2. The summed E-state index contributed by atoms with van der Waals surface area (Å²) < 4.78 is 2.43. The SMILES string of the molecule is c1ccc(-c2ccc(-c3ccc4nc(-c5ccc(-n6c7ccccc7c7cc8ccccc8cc76)c6ccccc56)nc(-c5ccc(-c6ccccc6)cc5)c4c3)cc2)cc1. The van der Waals surface area contributed by atoms with Gasteiger partial charge in [-0.25, -0.2) is 9.97 Å². The molecule has 0 spiro atoms. The van der Waals surface area contributed by atoms with Crippen molar-refractivity contribution in [1.29, 1.82) is 0 Å². The first-order chi connectivity index (χ1) is 30.2. The van der Waals surface area contributed by atoms with Crippen LogP contribution in [0.4, 0.5) is 0 Å². The van der Waals surface area contributed by atoms with Gasteiger partial charge >= 0.3 is 0 Å². The predicted octanol–water partition coefficient (Wildman–Crippen LogP) is 15.4. The molecule has 284 valence electrons. The first-order valence-corrected chi connectivity index (χ1v) is 20.8. The molecule has 3 heteroatoms. The topological polar surface area (TPSA) is 30.7 Å². The molecule has 0 aliphatic rings. The monoisotopic (exact) mass is 775 g/mol. The Kier molecular flexibility index (Phi) is 8.17. The van der Waals surface area contributed by atoms with Crippen LogP contribution in [-0.2, 0) is 0 Å². The third-order valence-electron chi connectivity index (χ3n) is 12.2. The second-order valence-electron chi connectivity index (χ2n) is 15.8. The molecule has 0 aliphatic carbocycles. The van der Waals surface area contributed by atoms with Gasteiger partial charge in [0.05, 0.1) is 27.9 Å². The van der Waals surface area contributed by atoms with E-state index in [2.05, 4.69) is 229 Å². The van der Waals surface area contributed by atoms with Gasteiger partial charge in [0.1, 0.15) is 0 Å². The van der Waals surface area contributed by atoms with Crippen molar-refractivity contribution in [2.75, 3.05) is 0 Å². The molecule has 61 heavy (non-hydrogen) atoms. The van der Waals surface area contributed by atoms with E-state index in [0.29, 0.717) is 5.82 Å². The zero-order valence-corrected chi connectivity index (χ0v) is 33.2. The van der Waals surface area contributed by atoms with Crippen molar-refractivity contribution in [2.24, 2.45) is 0 Å². The molecular weight excluding hydrogens is 739 g/mol. The van der Waals surface area contributed by atoms with Crippen molar-refractivity contribution in [3.8, 4) is 61.7 Å². The molecule has 0 N–H and O–H groups in total. The molecule has 3 nitrogen and oxygen atoms in total. The van der Waals surface area contributed by atoms with Gasteiger partial charge < -0.3 is 4.57 Å². The molecule has 2 aromatic heterocycles. The summed E-state index contributed by atoms with van der Waals surface area (Å²) in [6.45, 7) is 0. The minimum absolute atomic E-state index is 0.700. The maximum absolute atomic E-state index is 5.49. The Morgan fingerprint density at radius 1 is 0.295 bits per heavy atom. The summed E-state index contributed by atoms with van der Waals surface area (Å²) in [6, 6.07) is 80.5. The molecule has 0 saturated carbocycles. The third kappa shape index (κ3) is 5.98. The summed E-state index contributed by atoms with van der Waals surface area (Å²) in [4.78, 5) is 10.8. The summed E-state index contributed by atoms with van der Waals surface area (Å²) in [5.41, 5.74) is 14.4. The first kappa shape index (κ1) is 34.9. The minimum Gasteiger partial charge on any atom is -0.309 e. The van der Waals surface area contributed by atoms with Gasteiger partial charge in [0.2, 0.25) is 0 Å². The summed E-state index contributed by atoms with van der Waals surface area (Å²) in [6.07, 6.45) is 0. The van der Waals surface area contributed by atoms with Crippen LogP contribution in [0.5, 0.6) is 0 Å². The van der Waals surface area contributed by atoms with Gasteiger partial charge in [-0.3, -0.25) is 0 Å². The van der Waals surface area contributed by atoms with Gasteiger partial charge in [0.15, 0.2) is 5.82 Å². The van der Waals surface area contributed by atoms with Crippen LogP contribution in [-0.4, -0.2) is 14.5 Å². The van der Waals surface area contributed by atoms with E-state index in [1.807, 2.05) is 0 Å². The van der Waals surface area contributed by atoms with Crippen molar-refractivity contribution in [2.45, 2.75) is 0 Å². The Hall–Kier alpha value is -8.14. The number of nitrogens with zero attached hydrogens (tertiary/aromatic N) is 3. The molecule has 0 bridgehead atoms. The van der Waals surface area contributed by atoms with E-state index in [4.69, 9.17) is 9.97 Å². The van der Waals surface area contributed by atoms with Gasteiger partial charge in [-0.05, 0) is 92.0 Å². The maximum Gasteiger partial charge on any atom is 0.161 e. The van der Waals surface area contributed by atoms with E-state index in [-0.39, 0.29) is 0 Å². The molecule has 0 radical (unpaired) electrons. The van der Waals surface area contributed by atoms with E-state index in [1.54, 1.807) is 0 Å². The fourth-order valence-corrected chi connectivity index (χ4v) is 9.17. The van der Waals surface area contributed by atoms with Gasteiger partial charge in [0.25, 0.3) is 0 Å². The molecular formula is C58H37N3. The van der Waals surface area contributed by atoms with Crippen LogP contribution in [0.25, 0.3) is 116 Å². The Balaban J connectivity index is 1.04. The van der Waals surface area contributed by atoms with E-state index < -0.39 is 0 Å². The smallest absolute Gasteiger partial charge is 0.161 e. The van der Waals surface area contributed by atoms with Gasteiger partial charge in [-0.2, -0.15) is 0 Å². The van der Waals surface area contributed by atoms with Crippen LogP contribution in [0, 0.1) is 0 Å². The standard InChI is InChI=1S/C58H37N3/c1-3-13-38(14-4-1)40-23-25-42(26-24-40)46-31-33-53-52(36-46)57(43-29-27-41(28-30-43)39-15-5-2-6-16-39)60-58(59-53)50-32-34-55(48-20-10-9-19-47(48)50)61-54-22-12-11-21-49(54)51-35-44-17-7-8-18-45(44)37-56(51)61/h1-37H. The largest absolute Gasteiger partial charge is 0.309 e. The molecule has 0 aliphatic heterocycles. The highest BCUT2D eigenvalue weighted by atomic mass is 15.0. The average molecular weight is 776 g/mol. The maximum atomic E-state index is 5.49. The Labute approximate surface area is 353 Å². The summed E-state index contributed by atoms with van der Waals surface area (Å²) in [5, 5.41) is 8.21. The zero-order chi connectivity index (χ0) is 40.3. The highest BCUT2D eigenvalue weighted by molar-refractivity contribution is 6.15. The number of benzene rings is 10. The zero-order valence-electron chi connectivity index (χ0n) is 33.2. The molecule has 10 aromatic carbocycles. The van der Waals surface area contributed by atoms with Crippen LogP contribution < -0.4 is 0 Å². The number of fused-ring (bicyclic) bond motifs is 6. The first-order valence-electron chi connectivity index (χ1n) is 20.8. The highest BCUT2D eigenvalue weighted by Gasteiger charge is 2.19. The Bertz CT molecular complexity index is 3610. The van der Waals surface area contributed by atoms with Crippen molar-refractivity contribution >= 4 is 54.3 Å². The summed E-state index contributed by atoms with van der Waals surface area (Å²) in [5.74, 6) is 0.700. The lowest BCUT2D eigenvalue weighted by Gasteiger charge is -2.16. The molecule has 0 amide bonds. The van der Waals surface area contributed by atoms with Crippen LogP contribution >= 0.6 is 0 Å². The summed E-state index contributed by atoms with van der Waals surface area (Å²) in [7, 11) is 0. The molecule has 12 rings (SSSR count). The van der Waals surface area contributed by atoms with Crippen LogP contribution in [0.15, 0.2) is 224 Å². The van der Waals surface area contributed by atoms with E-state index in [9.17, 15) is 0 Å². The van der Waals surface area contributed by atoms with Crippen LogP contribution in [0.2, 0.25) is 0 Å². The number of hydrogen-bond acceptors (Lipinski definition) is 2. The van der Waals surface area contributed by atoms with Crippen LogP contribution in [0.1, 0.15) is 0 Å². The second kappa shape index (κ2) is 14.3. The number of hydrogen-bond donors (Lipinski definition) is 0. The predicted molar refractivity (Wildman–Crippen MR) is 256 cm³/mol. The molecule has 0 atom stereocenters. The van der Waals surface area contributed by atoms with Crippen molar-refractivity contribution in [3.05, 3.63) is 224 Å². The lowest BCUT2D eigenvalue weighted by Crippen LogP contribution is -1.99. The lowest BCUT2D eigenvalue weighted by atomic mass is 9.96. The average Bonchev–Trinajstić information content (AvgIpc) is 3.65. The Morgan fingerprint density at radius 2 is 0.820 bits per heavy atom. The van der Waals surface area contributed by atoms with E-state index in [1.165, 1.54) is 54.8 Å². The molecule has 12 aromatic rings. The fraction of sp³-hybridized carbons (Fsp3) is 0. The van der Waals surface area contributed by atoms with E-state index >= 15 is 0 Å². The van der Waals surface area contributed by atoms with Crippen molar-refractivity contribution < 1.29 is 0 Å². The van der Waals surface area contributed by atoms with Gasteiger partial charge in [-0.15, -0.1) is 0 Å². The Morgan fingerprint density at radius 3 is 1.51 bits per heavy atom. The molecule has 0 fully saturated rings. The number of aromatic nitrogens is 3. The minimum atomic E-state index is 0.700. The van der Waals surface area contributed by atoms with Crippen molar-refractivity contribution in [1.82, 2.24) is 14.5 Å². The molecule has 2 heterocycles. The summed E-state index contributed by atoms with van der Waals surface area (Å²) >= 11 is 0. The van der Waals surface area contributed by atoms with Gasteiger partial charge in [0, 0.05) is 32.7 Å². The highest BCUT2D eigenvalue weighted by Crippen LogP contribution is 2.40. The van der Waals surface area contributed by atoms with Crippen molar-refractivity contribution in [3.63, 3.8) is 0 Å². The molecule has 0 unspecified atom stereocenters. The number of para-hydroxylation sites is 1. The normalized spacial score (nSPS) is 11.6. The van der Waals surface area contributed by atoms with E-state index in [0.717, 1.165) is 55.3 Å².